The van der Waals surface area contributed by atoms with Gasteiger partial charge in [0.1, 0.15) is 5.75 Å². The molecule has 21 heavy (non-hydrogen) atoms. The number of piperazine rings is 1. The third kappa shape index (κ3) is 4.89. The van der Waals surface area contributed by atoms with Crippen molar-refractivity contribution in [1.82, 2.24) is 10.2 Å². The molecule has 1 aromatic rings. The van der Waals surface area contributed by atoms with Crippen LogP contribution in [0.5, 0.6) is 5.75 Å². The van der Waals surface area contributed by atoms with E-state index in [9.17, 15) is 13.2 Å². The first kappa shape index (κ1) is 16.1. The van der Waals surface area contributed by atoms with Crippen molar-refractivity contribution < 1.29 is 17.9 Å². The minimum absolute atomic E-state index is 0.545. The molecule has 0 saturated carbocycles. The summed E-state index contributed by atoms with van der Waals surface area (Å²) in [6.07, 6.45) is -4.99. The van der Waals surface area contributed by atoms with Gasteiger partial charge in [-0.15, -0.1) is 0 Å². The summed E-state index contributed by atoms with van der Waals surface area (Å²) >= 11 is 0. The van der Waals surface area contributed by atoms with E-state index in [1.54, 1.807) is 24.3 Å². The quantitative estimate of drug-likeness (QED) is 0.905. The van der Waals surface area contributed by atoms with E-state index in [4.69, 9.17) is 4.74 Å². The van der Waals surface area contributed by atoms with Gasteiger partial charge >= 0.3 is 6.18 Å². The number of benzene rings is 1. The number of nitrogens with one attached hydrogen (secondary N) is 1. The second kappa shape index (κ2) is 7.13. The van der Waals surface area contributed by atoms with Gasteiger partial charge in [0.05, 0.1) is 13.0 Å². The van der Waals surface area contributed by atoms with Crippen LogP contribution in [0.25, 0.3) is 0 Å². The molecule has 118 valence electrons. The summed E-state index contributed by atoms with van der Waals surface area (Å²) < 4.78 is 44.0. The molecule has 1 aliphatic heterocycles. The van der Waals surface area contributed by atoms with E-state index < -0.39 is 18.6 Å². The normalized spacial score (nSPS) is 18.5. The summed E-state index contributed by atoms with van der Waals surface area (Å²) in [5.74, 6) is 0.687. The van der Waals surface area contributed by atoms with Crippen molar-refractivity contribution in [3.8, 4) is 5.75 Å². The molecular weight excluding hydrogens is 281 g/mol. The fourth-order valence-corrected chi connectivity index (χ4v) is 2.62. The van der Waals surface area contributed by atoms with E-state index in [2.05, 4.69) is 5.32 Å². The Labute approximate surface area is 123 Å². The molecule has 0 spiro atoms. The monoisotopic (exact) mass is 302 g/mol. The van der Waals surface area contributed by atoms with Gasteiger partial charge in [-0.1, -0.05) is 12.1 Å². The molecule has 1 saturated heterocycles. The van der Waals surface area contributed by atoms with Crippen LogP contribution in [0.15, 0.2) is 24.3 Å². The molecule has 1 atom stereocenters. The summed E-state index contributed by atoms with van der Waals surface area (Å²) in [5, 5.41) is 3.17. The van der Waals surface area contributed by atoms with Crippen LogP contribution in [0.2, 0.25) is 0 Å². The average Bonchev–Trinajstić information content (AvgIpc) is 2.46. The molecular formula is C15H21F3N2O. The highest BCUT2D eigenvalue weighted by atomic mass is 19.4. The van der Waals surface area contributed by atoms with Crippen LogP contribution in [-0.4, -0.2) is 43.9 Å². The lowest BCUT2D eigenvalue weighted by Gasteiger charge is -2.35. The van der Waals surface area contributed by atoms with Gasteiger partial charge in [-0.05, 0) is 24.6 Å². The zero-order valence-corrected chi connectivity index (χ0v) is 12.1. The Morgan fingerprint density at radius 3 is 2.33 bits per heavy atom. The number of hydrogen-bond donors (Lipinski definition) is 1. The molecule has 1 heterocycles. The molecule has 2 rings (SSSR count). The summed E-state index contributed by atoms with van der Waals surface area (Å²) in [6.45, 7) is 5.14. The fourth-order valence-electron chi connectivity index (χ4n) is 2.62. The molecule has 1 fully saturated rings. The van der Waals surface area contributed by atoms with Crippen LogP contribution in [-0.2, 0) is 0 Å². The Balaban J connectivity index is 2.16. The van der Waals surface area contributed by atoms with Gasteiger partial charge in [0, 0.05) is 32.2 Å². The summed E-state index contributed by atoms with van der Waals surface area (Å²) in [6, 6.07) is 6.34. The second-order valence-electron chi connectivity index (χ2n) is 5.12. The van der Waals surface area contributed by atoms with Crippen molar-refractivity contribution in [1.29, 1.82) is 0 Å². The zero-order valence-electron chi connectivity index (χ0n) is 12.1. The van der Waals surface area contributed by atoms with E-state index in [0.29, 0.717) is 31.0 Å². The van der Waals surface area contributed by atoms with Crippen molar-refractivity contribution in [3.63, 3.8) is 0 Å². The predicted octanol–water partition coefficient (Wildman–Crippen LogP) is 2.98. The van der Waals surface area contributed by atoms with E-state index in [1.807, 2.05) is 11.8 Å². The maximum absolute atomic E-state index is 12.9. The smallest absolute Gasteiger partial charge is 0.390 e. The number of hydrogen-bond acceptors (Lipinski definition) is 3. The Kier molecular flexibility index (Phi) is 5.47. The van der Waals surface area contributed by atoms with Crippen LogP contribution in [0.4, 0.5) is 13.2 Å². The highest BCUT2D eigenvalue weighted by molar-refractivity contribution is 5.29. The van der Waals surface area contributed by atoms with Crippen LogP contribution in [0, 0.1) is 0 Å². The minimum atomic E-state index is -4.17. The zero-order chi connectivity index (χ0) is 15.3. The molecule has 0 bridgehead atoms. The number of halogens is 3. The van der Waals surface area contributed by atoms with E-state index in [1.165, 1.54) is 0 Å². The average molecular weight is 302 g/mol. The topological polar surface area (TPSA) is 24.5 Å². The molecule has 1 N–H and O–H groups in total. The molecule has 0 aliphatic carbocycles. The van der Waals surface area contributed by atoms with E-state index >= 15 is 0 Å². The van der Waals surface area contributed by atoms with Gasteiger partial charge in [0.25, 0.3) is 0 Å². The number of rotatable bonds is 5. The first-order valence-electron chi connectivity index (χ1n) is 7.24. The van der Waals surface area contributed by atoms with Gasteiger partial charge in [0.15, 0.2) is 0 Å². The largest absolute Gasteiger partial charge is 0.494 e. The molecule has 0 aromatic heterocycles. The lowest BCUT2D eigenvalue weighted by molar-refractivity contribution is -0.148. The number of alkyl halides is 3. The van der Waals surface area contributed by atoms with E-state index in [0.717, 1.165) is 13.1 Å². The molecule has 1 aromatic carbocycles. The first-order valence-corrected chi connectivity index (χ1v) is 7.24. The van der Waals surface area contributed by atoms with Crippen molar-refractivity contribution in [2.24, 2.45) is 0 Å². The summed E-state index contributed by atoms with van der Waals surface area (Å²) in [5.41, 5.74) is 0.692. The predicted molar refractivity (Wildman–Crippen MR) is 75.5 cm³/mol. The maximum Gasteiger partial charge on any atom is 0.390 e. The van der Waals surface area contributed by atoms with Gasteiger partial charge in [0.2, 0.25) is 0 Å². The van der Waals surface area contributed by atoms with Gasteiger partial charge < -0.3 is 10.1 Å². The second-order valence-corrected chi connectivity index (χ2v) is 5.12. The summed E-state index contributed by atoms with van der Waals surface area (Å²) in [4.78, 5) is 1.90. The Bertz CT molecular complexity index is 428. The van der Waals surface area contributed by atoms with Crippen LogP contribution in [0.1, 0.15) is 24.9 Å². The number of ether oxygens (including phenoxy) is 1. The standard InChI is InChI=1S/C15H21F3N2O/c1-2-21-13-5-3-12(4-6-13)14(11-15(16,17)18)20-9-7-19-8-10-20/h3-6,14,19H,2,7-11H2,1H3/t14-/m1/s1. The first-order chi connectivity index (χ1) is 9.99. The number of nitrogens with zero attached hydrogens (tertiary/aromatic N) is 1. The molecule has 0 unspecified atom stereocenters. The lowest BCUT2D eigenvalue weighted by atomic mass is 10.0. The molecule has 6 heteroatoms. The highest BCUT2D eigenvalue weighted by Crippen LogP contribution is 2.34. The Morgan fingerprint density at radius 2 is 1.81 bits per heavy atom. The van der Waals surface area contributed by atoms with Crippen LogP contribution in [0.3, 0.4) is 0 Å². The summed E-state index contributed by atoms with van der Waals surface area (Å²) in [7, 11) is 0. The lowest BCUT2D eigenvalue weighted by Crippen LogP contribution is -2.46. The van der Waals surface area contributed by atoms with E-state index in [-0.39, 0.29) is 0 Å². The highest BCUT2D eigenvalue weighted by Gasteiger charge is 2.35. The van der Waals surface area contributed by atoms with Crippen molar-refractivity contribution in [2.75, 3.05) is 32.8 Å². The SMILES string of the molecule is CCOc1ccc([C@@H](CC(F)(F)F)N2CCNCC2)cc1. The molecule has 0 radical (unpaired) electrons. The Hall–Kier alpha value is -1.27. The van der Waals surface area contributed by atoms with Crippen LogP contribution < -0.4 is 10.1 Å². The van der Waals surface area contributed by atoms with Gasteiger partial charge in [-0.25, -0.2) is 0 Å². The maximum atomic E-state index is 12.9. The third-order valence-electron chi connectivity index (χ3n) is 3.59. The molecule has 0 amide bonds. The molecule has 3 nitrogen and oxygen atoms in total. The fraction of sp³-hybridized carbons (Fsp3) is 0.600. The Morgan fingerprint density at radius 1 is 1.19 bits per heavy atom. The van der Waals surface area contributed by atoms with Crippen molar-refractivity contribution >= 4 is 0 Å². The van der Waals surface area contributed by atoms with Gasteiger partial charge in [-0.2, -0.15) is 13.2 Å². The third-order valence-corrected chi connectivity index (χ3v) is 3.59. The van der Waals surface area contributed by atoms with Gasteiger partial charge in [-0.3, -0.25) is 4.90 Å². The van der Waals surface area contributed by atoms with Crippen molar-refractivity contribution in [2.45, 2.75) is 25.6 Å². The van der Waals surface area contributed by atoms with Crippen LogP contribution >= 0.6 is 0 Å². The molecule has 1 aliphatic rings. The van der Waals surface area contributed by atoms with Crippen molar-refractivity contribution in [3.05, 3.63) is 29.8 Å². The minimum Gasteiger partial charge on any atom is -0.494 e.